The average molecular weight is 226 g/mol. The molecule has 0 spiro atoms. The summed E-state index contributed by atoms with van der Waals surface area (Å²) in [7, 11) is 0. The van der Waals surface area contributed by atoms with Gasteiger partial charge < -0.3 is 0 Å². The van der Waals surface area contributed by atoms with Gasteiger partial charge in [0.25, 0.3) is 0 Å². The molecule has 0 saturated heterocycles. The van der Waals surface area contributed by atoms with Crippen LogP contribution in [0.3, 0.4) is 0 Å². The van der Waals surface area contributed by atoms with Crippen LogP contribution in [0.25, 0.3) is 0 Å². The van der Waals surface area contributed by atoms with Gasteiger partial charge in [-0.2, -0.15) is 0 Å². The Bertz CT molecular complexity index is 397. The highest BCUT2D eigenvalue weighted by Gasteiger charge is 2.37. The molecule has 17 heavy (non-hydrogen) atoms. The summed E-state index contributed by atoms with van der Waals surface area (Å²) in [6, 6.07) is 10.5. The predicted molar refractivity (Wildman–Crippen MR) is 74.9 cm³/mol. The lowest BCUT2D eigenvalue weighted by atomic mass is 10.0. The number of hydrogen-bond donors (Lipinski definition) is 0. The highest BCUT2D eigenvalue weighted by molar-refractivity contribution is 5.29. The van der Waals surface area contributed by atoms with E-state index in [1.807, 2.05) is 6.07 Å². The monoisotopic (exact) mass is 226 g/mol. The maximum absolute atomic E-state index is 2.34. The summed E-state index contributed by atoms with van der Waals surface area (Å²) >= 11 is 0. The Hall–Kier alpha value is -1.30. The van der Waals surface area contributed by atoms with Crippen LogP contribution in [0.1, 0.15) is 32.3 Å². The van der Waals surface area contributed by atoms with Gasteiger partial charge in [0.2, 0.25) is 0 Å². The molecule has 0 bridgehead atoms. The Balaban J connectivity index is 0.000000128. The lowest BCUT2D eigenvalue weighted by Gasteiger charge is -2.03. The SMILES string of the molecule is CCC1=CC=CC2CC12.CCc1ccccc1. The molecule has 2 unspecified atom stereocenters. The molecular weight excluding hydrogens is 204 g/mol. The molecule has 1 fully saturated rings. The third kappa shape index (κ3) is 3.33. The van der Waals surface area contributed by atoms with Gasteiger partial charge >= 0.3 is 0 Å². The molecule has 0 aliphatic heterocycles. The minimum Gasteiger partial charge on any atom is -0.0808 e. The van der Waals surface area contributed by atoms with Crippen molar-refractivity contribution in [1.82, 2.24) is 0 Å². The first-order valence-electron chi connectivity index (χ1n) is 6.76. The van der Waals surface area contributed by atoms with E-state index in [0.29, 0.717) is 0 Å². The molecule has 0 N–H and O–H groups in total. The molecule has 2 atom stereocenters. The first-order valence-corrected chi connectivity index (χ1v) is 6.76. The molecule has 2 aliphatic carbocycles. The topological polar surface area (TPSA) is 0 Å². The summed E-state index contributed by atoms with van der Waals surface area (Å²) < 4.78 is 0. The Kier molecular flexibility index (Phi) is 4.19. The zero-order valence-corrected chi connectivity index (χ0v) is 10.9. The summed E-state index contributed by atoms with van der Waals surface area (Å²) in [4.78, 5) is 0. The molecule has 90 valence electrons. The molecule has 0 amide bonds. The lowest BCUT2D eigenvalue weighted by Crippen LogP contribution is -1.88. The van der Waals surface area contributed by atoms with E-state index in [9.17, 15) is 0 Å². The smallest absolute Gasteiger partial charge is 0.0131 e. The number of benzene rings is 1. The van der Waals surface area contributed by atoms with Crippen molar-refractivity contribution in [2.24, 2.45) is 11.8 Å². The fourth-order valence-electron chi connectivity index (χ4n) is 2.39. The fourth-order valence-corrected chi connectivity index (χ4v) is 2.39. The fraction of sp³-hybridized carbons (Fsp3) is 0.412. The van der Waals surface area contributed by atoms with Gasteiger partial charge in [-0.25, -0.2) is 0 Å². The van der Waals surface area contributed by atoms with Crippen LogP contribution in [-0.2, 0) is 6.42 Å². The maximum Gasteiger partial charge on any atom is -0.0131 e. The molecular formula is C17H22. The van der Waals surface area contributed by atoms with Gasteiger partial charge in [-0.1, -0.05) is 68.0 Å². The third-order valence-corrected chi connectivity index (χ3v) is 3.64. The molecule has 1 aromatic rings. The van der Waals surface area contributed by atoms with Gasteiger partial charge in [0.15, 0.2) is 0 Å². The van der Waals surface area contributed by atoms with Crippen molar-refractivity contribution in [1.29, 1.82) is 0 Å². The molecule has 0 aromatic heterocycles. The van der Waals surface area contributed by atoms with Crippen LogP contribution >= 0.6 is 0 Å². The lowest BCUT2D eigenvalue weighted by molar-refractivity contribution is 0.850. The van der Waals surface area contributed by atoms with E-state index < -0.39 is 0 Å². The Labute approximate surface area is 105 Å². The van der Waals surface area contributed by atoms with E-state index in [0.717, 1.165) is 18.3 Å². The van der Waals surface area contributed by atoms with Crippen molar-refractivity contribution >= 4 is 0 Å². The molecule has 1 aromatic carbocycles. The second-order valence-corrected chi connectivity index (χ2v) is 4.83. The summed E-state index contributed by atoms with van der Waals surface area (Å²) in [6.45, 7) is 4.41. The van der Waals surface area contributed by atoms with E-state index in [1.165, 1.54) is 18.4 Å². The molecule has 0 heteroatoms. The zero-order valence-electron chi connectivity index (χ0n) is 10.9. The van der Waals surface area contributed by atoms with E-state index in [2.05, 4.69) is 56.3 Å². The van der Waals surface area contributed by atoms with E-state index in [-0.39, 0.29) is 0 Å². The normalized spacial score (nSPS) is 24.2. The van der Waals surface area contributed by atoms with E-state index in [1.54, 1.807) is 5.57 Å². The summed E-state index contributed by atoms with van der Waals surface area (Å²) in [5, 5.41) is 0. The highest BCUT2D eigenvalue weighted by atomic mass is 14.4. The Morgan fingerprint density at radius 1 is 1.06 bits per heavy atom. The summed E-state index contributed by atoms with van der Waals surface area (Å²) in [5.74, 6) is 1.89. The number of fused-ring (bicyclic) bond motifs is 1. The van der Waals surface area contributed by atoms with Crippen LogP contribution in [0, 0.1) is 11.8 Å². The first-order chi connectivity index (χ1) is 8.35. The molecule has 0 radical (unpaired) electrons. The van der Waals surface area contributed by atoms with Crippen molar-refractivity contribution in [2.75, 3.05) is 0 Å². The van der Waals surface area contributed by atoms with Crippen LogP contribution < -0.4 is 0 Å². The van der Waals surface area contributed by atoms with Crippen LogP contribution in [0.4, 0.5) is 0 Å². The van der Waals surface area contributed by atoms with E-state index in [4.69, 9.17) is 0 Å². The van der Waals surface area contributed by atoms with Crippen LogP contribution in [0.15, 0.2) is 54.1 Å². The maximum atomic E-state index is 2.34. The van der Waals surface area contributed by atoms with Gasteiger partial charge in [0.05, 0.1) is 0 Å². The van der Waals surface area contributed by atoms with Gasteiger partial charge in [0.1, 0.15) is 0 Å². The highest BCUT2D eigenvalue weighted by Crippen LogP contribution is 2.48. The van der Waals surface area contributed by atoms with Crippen molar-refractivity contribution in [2.45, 2.75) is 33.1 Å². The van der Waals surface area contributed by atoms with Crippen LogP contribution in [0.5, 0.6) is 0 Å². The minimum absolute atomic E-state index is 0.935. The first kappa shape index (κ1) is 12.2. The van der Waals surface area contributed by atoms with Crippen molar-refractivity contribution in [3.05, 3.63) is 59.7 Å². The summed E-state index contributed by atoms with van der Waals surface area (Å²) in [5.41, 5.74) is 3.08. The predicted octanol–water partition coefficient (Wildman–Crippen LogP) is 4.78. The molecule has 0 heterocycles. The molecule has 0 nitrogen and oxygen atoms in total. The van der Waals surface area contributed by atoms with Gasteiger partial charge in [-0.05, 0) is 36.7 Å². The second kappa shape index (κ2) is 5.86. The third-order valence-electron chi connectivity index (χ3n) is 3.64. The Morgan fingerprint density at radius 3 is 2.35 bits per heavy atom. The quantitative estimate of drug-likeness (QED) is 0.681. The van der Waals surface area contributed by atoms with Crippen LogP contribution in [-0.4, -0.2) is 0 Å². The second-order valence-electron chi connectivity index (χ2n) is 4.83. The van der Waals surface area contributed by atoms with E-state index >= 15 is 0 Å². The zero-order chi connectivity index (χ0) is 12.1. The average Bonchev–Trinajstić information content (AvgIpc) is 3.19. The minimum atomic E-state index is 0.935. The van der Waals surface area contributed by atoms with Gasteiger partial charge in [-0.3, -0.25) is 0 Å². The molecule has 2 aliphatic rings. The standard InChI is InChI=1S/C9H12.C8H10/c1-2-7-4-3-5-8-6-9(7)8;1-2-8-6-4-3-5-7-8/h3-5,8-9H,2,6H2,1H3;3-7H,2H2,1H3. The van der Waals surface area contributed by atoms with Crippen molar-refractivity contribution in [3.8, 4) is 0 Å². The number of rotatable bonds is 2. The van der Waals surface area contributed by atoms with Crippen molar-refractivity contribution < 1.29 is 0 Å². The number of hydrogen-bond acceptors (Lipinski definition) is 0. The molecule has 3 rings (SSSR count). The van der Waals surface area contributed by atoms with Gasteiger partial charge in [-0.15, -0.1) is 0 Å². The van der Waals surface area contributed by atoms with Crippen LogP contribution in [0.2, 0.25) is 0 Å². The number of aryl methyl sites for hydroxylation is 1. The van der Waals surface area contributed by atoms with Crippen molar-refractivity contribution in [3.63, 3.8) is 0 Å². The number of allylic oxidation sites excluding steroid dienone is 4. The van der Waals surface area contributed by atoms with Gasteiger partial charge in [0, 0.05) is 0 Å². The summed E-state index contributed by atoms with van der Waals surface area (Å²) in [6.07, 6.45) is 10.7. The molecule has 1 saturated carbocycles. The Morgan fingerprint density at radius 2 is 1.82 bits per heavy atom. The largest absolute Gasteiger partial charge is 0.0808 e.